The van der Waals surface area contributed by atoms with Crippen molar-refractivity contribution in [3.8, 4) is 5.69 Å². The van der Waals surface area contributed by atoms with Crippen LogP contribution >= 0.6 is 11.3 Å². The Bertz CT molecular complexity index is 932. The molecule has 2 aromatic heterocycles. The van der Waals surface area contributed by atoms with E-state index in [0.29, 0.717) is 36.3 Å². The third kappa shape index (κ3) is 3.03. The first-order valence-corrected chi connectivity index (χ1v) is 10.1. The summed E-state index contributed by atoms with van der Waals surface area (Å²) < 4.78 is 28.8. The molecular weight excluding hydrogens is 360 g/mol. The molecule has 3 aromatic rings. The molecule has 0 unspecified atom stereocenters. The molecule has 0 radical (unpaired) electrons. The fourth-order valence-electron chi connectivity index (χ4n) is 2.78. The summed E-state index contributed by atoms with van der Waals surface area (Å²) in [5, 5.41) is 13.7. The highest BCUT2D eigenvalue weighted by Gasteiger charge is 2.30. The Hall–Kier alpha value is -2.30. The van der Waals surface area contributed by atoms with E-state index < -0.39 is 10.0 Å². The largest absolute Gasteiger partial charge is 0.337 e. The van der Waals surface area contributed by atoms with Gasteiger partial charge in [0.05, 0.1) is 5.69 Å². The summed E-state index contributed by atoms with van der Waals surface area (Å²) in [6, 6.07) is 13.0. The molecule has 0 amide bonds. The number of nitrogens with zero attached hydrogens (tertiary/aromatic N) is 6. The van der Waals surface area contributed by atoms with Crippen molar-refractivity contribution in [2.75, 3.05) is 31.1 Å². The molecule has 3 heterocycles. The number of benzene rings is 1. The third-order valence-electron chi connectivity index (χ3n) is 4.06. The summed E-state index contributed by atoms with van der Waals surface area (Å²) >= 11 is 1.24. The van der Waals surface area contributed by atoms with Crippen molar-refractivity contribution in [1.82, 2.24) is 24.5 Å². The predicted molar refractivity (Wildman–Crippen MR) is 94.4 cm³/mol. The van der Waals surface area contributed by atoms with E-state index in [0.717, 1.165) is 5.69 Å². The first-order chi connectivity index (χ1) is 12.2. The van der Waals surface area contributed by atoms with Gasteiger partial charge in [-0.25, -0.2) is 8.42 Å². The zero-order valence-electron chi connectivity index (χ0n) is 13.3. The van der Waals surface area contributed by atoms with Crippen LogP contribution in [-0.2, 0) is 10.0 Å². The number of para-hydroxylation sites is 1. The summed E-state index contributed by atoms with van der Waals surface area (Å²) in [4.78, 5) is 2.01. The Labute approximate surface area is 149 Å². The van der Waals surface area contributed by atoms with Crippen molar-refractivity contribution in [2.45, 2.75) is 4.21 Å². The number of sulfonamides is 1. The van der Waals surface area contributed by atoms with Crippen LogP contribution in [0.15, 0.2) is 52.1 Å². The van der Waals surface area contributed by atoms with Crippen LogP contribution in [0, 0.1) is 0 Å². The molecule has 1 aliphatic heterocycles. The zero-order chi connectivity index (χ0) is 17.3. The Balaban J connectivity index is 1.51. The van der Waals surface area contributed by atoms with Crippen LogP contribution in [0.2, 0.25) is 0 Å². The normalized spacial score (nSPS) is 16.2. The SMILES string of the molecule is O=S(=O)(c1cccs1)N1CCN(c2nnnn2-c2ccccc2)CC1. The number of rotatable bonds is 4. The number of piperazine rings is 1. The van der Waals surface area contributed by atoms with Crippen molar-refractivity contribution in [3.05, 3.63) is 47.8 Å². The second-order valence-electron chi connectivity index (χ2n) is 5.55. The third-order valence-corrected chi connectivity index (χ3v) is 7.34. The van der Waals surface area contributed by atoms with Gasteiger partial charge < -0.3 is 4.90 Å². The van der Waals surface area contributed by atoms with Crippen LogP contribution in [0.3, 0.4) is 0 Å². The van der Waals surface area contributed by atoms with Crippen molar-refractivity contribution in [3.63, 3.8) is 0 Å². The van der Waals surface area contributed by atoms with Gasteiger partial charge >= 0.3 is 0 Å². The highest BCUT2D eigenvalue weighted by molar-refractivity contribution is 7.91. The van der Waals surface area contributed by atoms with Crippen LogP contribution < -0.4 is 4.90 Å². The smallest absolute Gasteiger partial charge is 0.252 e. The molecule has 0 bridgehead atoms. The maximum absolute atomic E-state index is 12.6. The monoisotopic (exact) mass is 376 g/mol. The minimum absolute atomic E-state index is 0.384. The zero-order valence-corrected chi connectivity index (χ0v) is 14.9. The molecule has 4 rings (SSSR count). The maximum Gasteiger partial charge on any atom is 0.252 e. The van der Waals surface area contributed by atoms with Crippen molar-refractivity contribution < 1.29 is 8.42 Å². The summed E-state index contributed by atoms with van der Waals surface area (Å²) in [7, 11) is -3.41. The highest BCUT2D eigenvalue weighted by atomic mass is 32.2. The van der Waals surface area contributed by atoms with Gasteiger partial charge in [0.25, 0.3) is 10.0 Å². The van der Waals surface area contributed by atoms with Crippen LogP contribution in [0.1, 0.15) is 0 Å². The van der Waals surface area contributed by atoms with Gasteiger partial charge in [0, 0.05) is 26.2 Å². The molecule has 8 nitrogen and oxygen atoms in total. The van der Waals surface area contributed by atoms with Crippen molar-refractivity contribution in [1.29, 1.82) is 0 Å². The van der Waals surface area contributed by atoms with E-state index in [-0.39, 0.29) is 0 Å². The van der Waals surface area contributed by atoms with Gasteiger partial charge in [-0.3, -0.25) is 0 Å². The minimum Gasteiger partial charge on any atom is -0.337 e. The highest BCUT2D eigenvalue weighted by Crippen LogP contribution is 2.23. The van der Waals surface area contributed by atoms with Crippen LogP contribution in [0.5, 0.6) is 0 Å². The van der Waals surface area contributed by atoms with E-state index in [4.69, 9.17) is 0 Å². The molecule has 0 saturated carbocycles. The summed E-state index contributed by atoms with van der Waals surface area (Å²) in [5.74, 6) is 0.624. The molecular formula is C15H16N6O2S2. The molecule has 1 aromatic carbocycles. The fourth-order valence-corrected chi connectivity index (χ4v) is 5.35. The van der Waals surface area contributed by atoms with Gasteiger partial charge in [-0.15, -0.1) is 11.3 Å². The molecule has 0 aliphatic carbocycles. The van der Waals surface area contributed by atoms with Crippen molar-refractivity contribution >= 4 is 27.3 Å². The quantitative estimate of drug-likeness (QED) is 0.681. The summed E-state index contributed by atoms with van der Waals surface area (Å²) in [6.07, 6.45) is 0. The molecule has 1 fully saturated rings. The van der Waals surface area contributed by atoms with Crippen LogP contribution in [0.25, 0.3) is 5.69 Å². The second-order valence-corrected chi connectivity index (χ2v) is 8.66. The second kappa shape index (κ2) is 6.54. The van der Waals surface area contributed by atoms with Gasteiger partial charge in [0.15, 0.2) is 0 Å². The van der Waals surface area contributed by atoms with E-state index in [2.05, 4.69) is 15.5 Å². The minimum atomic E-state index is -3.41. The lowest BCUT2D eigenvalue weighted by molar-refractivity contribution is 0.382. The molecule has 10 heteroatoms. The summed E-state index contributed by atoms with van der Waals surface area (Å²) in [5.41, 5.74) is 0.871. The Morgan fingerprint density at radius 1 is 0.960 bits per heavy atom. The fraction of sp³-hybridized carbons (Fsp3) is 0.267. The van der Waals surface area contributed by atoms with Crippen LogP contribution in [0.4, 0.5) is 5.95 Å². The Morgan fingerprint density at radius 2 is 1.72 bits per heavy atom. The molecule has 1 saturated heterocycles. The molecule has 1 aliphatic rings. The number of hydrogen-bond donors (Lipinski definition) is 0. The lowest BCUT2D eigenvalue weighted by atomic mass is 10.3. The Kier molecular flexibility index (Phi) is 4.24. The molecule has 130 valence electrons. The maximum atomic E-state index is 12.6. The lowest BCUT2D eigenvalue weighted by Gasteiger charge is -2.33. The topological polar surface area (TPSA) is 84.2 Å². The van der Waals surface area contributed by atoms with E-state index in [1.165, 1.54) is 15.6 Å². The predicted octanol–water partition coefficient (Wildman–Crippen LogP) is 1.23. The number of aromatic nitrogens is 4. The van der Waals surface area contributed by atoms with Gasteiger partial charge in [-0.1, -0.05) is 29.4 Å². The molecule has 0 N–H and O–H groups in total. The Morgan fingerprint density at radius 3 is 2.40 bits per heavy atom. The van der Waals surface area contributed by atoms with E-state index in [1.54, 1.807) is 22.2 Å². The summed E-state index contributed by atoms with van der Waals surface area (Å²) in [6.45, 7) is 1.89. The molecule has 25 heavy (non-hydrogen) atoms. The van der Waals surface area contributed by atoms with Gasteiger partial charge in [-0.05, 0) is 34.0 Å². The first-order valence-electron chi connectivity index (χ1n) is 7.79. The van der Waals surface area contributed by atoms with E-state index >= 15 is 0 Å². The molecule has 0 spiro atoms. The standard InChI is InChI=1S/C15H16N6O2S2/c22-25(23,14-7-4-12-24-14)20-10-8-19(9-11-20)15-16-17-18-21(15)13-5-2-1-3-6-13/h1-7,12H,8-11H2. The first kappa shape index (κ1) is 16.2. The van der Waals surface area contributed by atoms with Gasteiger partial charge in [0.2, 0.25) is 5.95 Å². The number of anilines is 1. The number of thiophene rings is 1. The number of tetrazole rings is 1. The van der Waals surface area contributed by atoms with Gasteiger partial charge in [-0.2, -0.15) is 8.99 Å². The lowest BCUT2D eigenvalue weighted by Crippen LogP contribution is -2.49. The van der Waals surface area contributed by atoms with Gasteiger partial charge in [0.1, 0.15) is 4.21 Å². The van der Waals surface area contributed by atoms with E-state index in [9.17, 15) is 8.42 Å². The van der Waals surface area contributed by atoms with Crippen molar-refractivity contribution in [2.24, 2.45) is 0 Å². The average molecular weight is 376 g/mol. The van der Waals surface area contributed by atoms with Crippen LogP contribution in [-0.4, -0.2) is 59.1 Å². The molecule has 0 atom stereocenters. The number of hydrogen-bond acceptors (Lipinski definition) is 7. The van der Waals surface area contributed by atoms with E-state index in [1.807, 2.05) is 35.2 Å². The average Bonchev–Trinajstić information content (AvgIpc) is 3.35.